The second-order valence-electron chi connectivity index (χ2n) is 4.97. The van der Waals surface area contributed by atoms with Crippen LogP contribution >= 0.6 is 0 Å². The highest BCUT2D eigenvalue weighted by Gasteiger charge is 2.31. The summed E-state index contributed by atoms with van der Waals surface area (Å²) in [6, 6.07) is 8.41. The number of carbonyl (C=O) groups excluding carboxylic acids is 1. The van der Waals surface area contributed by atoms with Crippen molar-refractivity contribution in [2.75, 3.05) is 13.1 Å². The minimum Gasteiger partial charge on any atom is -0.480 e. The van der Waals surface area contributed by atoms with Crippen LogP contribution in [-0.4, -0.2) is 41.0 Å². The molecule has 1 aromatic rings. The molecule has 0 saturated heterocycles. The second-order valence-corrected chi connectivity index (χ2v) is 4.97. The zero-order valence-electron chi connectivity index (χ0n) is 11.6. The van der Waals surface area contributed by atoms with Gasteiger partial charge in [0.25, 0.3) is 0 Å². The third-order valence-corrected chi connectivity index (χ3v) is 3.49. The van der Waals surface area contributed by atoms with Gasteiger partial charge in [-0.25, -0.2) is 0 Å². The summed E-state index contributed by atoms with van der Waals surface area (Å²) in [6.07, 6.45) is 2.11. The lowest BCUT2D eigenvalue weighted by atomic mass is 10.1. The maximum absolute atomic E-state index is 12.1. The van der Waals surface area contributed by atoms with Crippen LogP contribution in [0.3, 0.4) is 0 Å². The molecule has 1 atom stereocenters. The normalized spacial score (nSPS) is 15.7. The fourth-order valence-corrected chi connectivity index (χ4v) is 2.31. The monoisotopic (exact) mass is 276 g/mol. The molecule has 1 amide bonds. The molecule has 0 spiro atoms. The number of hydrogen-bond donors (Lipinski definition) is 2. The third kappa shape index (κ3) is 3.57. The first kappa shape index (κ1) is 14.5. The van der Waals surface area contributed by atoms with Gasteiger partial charge in [-0.3, -0.25) is 14.9 Å². The van der Waals surface area contributed by atoms with Crippen molar-refractivity contribution in [3.05, 3.63) is 35.9 Å². The molecule has 1 aliphatic rings. The van der Waals surface area contributed by atoms with E-state index >= 15 is 0 Å². The van der Waals surface area contributed by atoms with Gasteiger partial charge < -0.3 is 10.0 Å². The van der Waals surface area contributed by atoms with E-state index in [4.69, 9.17) is 0 Å². The molecule has 1 fully saturated rings. The molecule has 1 aliphatic carbocycles. The van der Waals surface area contributed by atoms with Crippen LogP contribution in [0.25, 0.3) is 0 Å². The molecule has 20 heavy (non-hydrogen) atoms. The van der Waals surface area contributed by atoms with Gasteiger partial charge in [0.15, 0.2) is 0 Å². The summed E-state index contributed by atoms with van der Waals surface area (Å²) in [5.41, 5.74) is 0.655. The van der Waals surface area contributed by atoms with E-state index in [2.05, 4.69) is 5.32 Å². The Morgan fingerprint density at radius 3 is 2.50 bits per heavy atom. The standard InChI is InChI=1S/C15H20N2O3/c1-2-17(12-8-9-12)13(18)10-16-14(15(19)20)11-6-4-3-5-7-11/h3-7,12,14,16H,2,8-10H2,1H3,(H,19,20). The van der Waals surface area contributed by atoms with E-state index in [1.807, 2.05) is 17.9 Å². The van der Waals surface area contributed by atoms with Crippen LogP contribution in [0.5, 0.6) is 0 Å². The summed E-state index contributed by atoms with van der Waals surface area (Å²) in [7, 11) is 0. The van der Waals surface area contributed by atoms with Crippen LogP contribution in [-0.2, 0) is 9.59 Å². The number of likely N-dealkylation sites (N-methyl/N-ethyl adjacent to an activating group) is 1. The molecule has 2 rings (SSSR count). The first-order valence-electron chi connectivity index (χ1n) is 6.94. The van der Waals surface area contributed by atoms with Crippen LogP contribution < -0.4 is 5.32 Å². The van der Waals surface area contributed by atoms with Gasteiger partial charge in [-0.15, -0.1) is 0 Å². The number of carbonyl (C=O) groups is 2. The van der Waals surface area contributed by atoms with Crippen molar-refractivity contribution in [3.63, 3.8) is 0 Å². The minimum atomic E-state index is -0.974. The average molecular weight is 276 g/mol. The SMILES string of the molecule is CCN(C(=O)CNC(C(=O)O)c1ccccc1)C1CC1. The highest BCUT2D eigenvalue weighted by atomic mass is 16.4. The Balaban J connectivity index is 1.95. The van der Waals surface area contributed by atoms with Crippen LogP contribution in [0.2, 0.25) is 0 Å². The quantitative estimate of drug-likeness (QED) is 0.790. The Kier molecular flexibility index (Phi) is 4.74. The first-order valence-corrected chi connectivity index (χ1v) is 6.94. The molecule has 0 bridgehead atoms. The lowest BCUT2D eigenvalue weighted by molar-refractivity contribution is -0.140. The van der Waals surface area contributed by atoms with Gasteiger partial charge in [-0.1, -0.05) is 30.3 Å². The fourth-order valence-electron chi connectivity index (χ4n) is 2.31. The van der Waals surface area contributed by atoms with Crippen molar-refractivity contribution >= 4 is 11.9 Å². The molecule has 0 aromatic heterocycles. The molecule has 5 nitrogen and oxygen atoms in total. The molecule has 1 aromatic carbocycles. The molecular weight excluding hydrogens is 256 g/mol. The molecule has 1 saturated carbocycles. The van der Waals surface area contributed by atoms with Crippen molar-refractivity contribution in [1.29, 1.82) is 0 Å². The van der Waals surface area contributed by atoms with Crippen LogP contribution in [0.15, 0.2) is 30.3 Å². The molecule has 0 heterocycles. The summed E-state index contributed by atoms with van der Waals surface area (Å²) in [5, 5.41) is 12.1. The summed E-state index contributed by atoms with van der Waals surface area (Å²) >= 11 is 0. The van der Waals surface area contributed by atoms with Gasteiger partial charge in [0.2, 0.25) is 5.91 Å². The number of rotatable bonds is 7. The lowest BCUT2D eigenvalue weighted by Crippen LogP contribution is -2.42. The van der Waals surface area contributed by atoms with Crippen molar-refractivity contribution in [3.8, 4) is 0 Å². The predicted molar refractivity (Wildman–Crippen MR) is 75.2 cm³/mol. The summed E-state index contributed by atoms with van der Waals surface area (Å²) in [5.74, 6) is -1.00. The number of hydrogen-bond acceptors (Lipinski definition) is 3. The number of benzene rings is 1. The van der Waals surface area contributed by atoms with Gasteiger partial charge in [-0.2, -0.15) is 0 Å². The molecule has 0 aliphatic heterocycles. The lowest BCUT2D eigenvalue weighted by Gasteiger charge is -2.22. The Morgan fingerprint density at radius 2 is 2.00 bits per heavy atom. The maximum atomic E-state index is 12.1. The second kappa shape index (κ2) is 6.52. The minimum absolute atomic E-state index is 0.0304. The largest absolute Gasteiger partial charge is 0.480 e. The molecular formula is C15H20N2O3. The Hall–Kier alpha value is -1.88. The highest BCUT2D eigenvalue weighted by molar-refractivity contribution is 5.81. The number of amides is 1. The van der Waals surface area contributed by atoms with Gasteiger partial charge in [0.05, 0.1) is 6.54 Å². The van der Waals surface area contributed by atoms with Crippen molar-refractivity contribution in [2.24, 2.45) is 0 Å². The molecule has 2 N–H and O–H groups in total. The van der Waals surface area contributed by atoms with E-state index in [1.54, 1.807) is 24.3 Å². The Labute approximate surface area is 118 Å². The topological polar surface area (TPSA) is 69.6 Å². The van der Waals surface area contributed by atoms with Gasteiger partial charge >= 0.3 is 5.97 Å². The van der Waals surface area contributed by atoms with Gasteiger partial charge in [0.1, 0.15) is 6.04 Å². The average Bonchev–Trinajstić information content (AvgIpc) is 3.25. The van der Waals surface area contributed by atoms with Crippen LogP contribution in [0, 0.1) is 0 Å². The van der Waals surface area contributed by atoms with Crippen LogP contribution in [0.4, 0.5) is 0 Å². The number of nitrogens with zero attached hydrogens (tertiary/aromatic N) is 1. The Morgan fingerprint density at radius 1 is 1.35 bits per heavy atom. The van der Waals surface area contributed by atoms with E-state index < -0.39 is 12.0 Å². The van der Waals surface area contributed by atoms with Crippen molar-refractivity contribution < 1.29 is 14.7 Å². The number of carboxylic acid groups (broad SMARTS) is 1. The predicted octanol–water partition coefficient (Wildman–Crippen LogP) is 1.41. The van der Waals surface area contributed by atoms with E-state index in [0.29, 0.717) is 18.2 Å². The molecule has 5 heteroatoms. The van der Waals surface area contributed by atoms with Gasteiger partial charge in [-0.05, 0) is 25.3 Å². The molecule has 1 unspecified atom stereocenters. The van der Waals surface area contributed by atoms with Crippen molar-refractivity contribution in [2.45, 2.75) is 31.8 Å². The number of nitrogens with one attached hydrogen (secondary N) is 1. The smallest absolute Gasteiger partial charge is 0.325 e. The zero-order chi connectivity index (χ0) is 14.5. The van der Waals surface area contributed by atoms with E-state index in [0.717, 1.165) is 12.8 Å². The third-order valence-electron chi connectivity index (χ3n) is 3.49. The Bertz CT molecular complexity index is 471. The molecule has 108 valence electrons. The first-order chi connectivity index (χ1) is 9.63. The number of carboxylic acids is 1. The van der Waals surface area contributed by atoms with Gasteiger partial charge in [0, 0.05) is 12.6 Å². The molecule has 0 radical (unpaired) electrons. The zero-order valence-corrected chi connectivity index (χ0v) is 11.6. The van der Waals surface area contributed by atoms with Crippen molar-refractivity contribution in [1.82, 2.24) is 10.2 Å². The maximum Gasteiger partial charge on any atom is 0.325 e. The van der Waals surface area contributed by atoms with E-state index in [1.165, 1.54) is 0 Å². The van der Waals surface area contributed by atoms with E-state index in [-0.39, 0.29) is 12.5 Å². The number of aliphatic carboxylic acids is 1. The summed E-state index contributed by atoms with van der Waals surface area (Å²) in [6.45, 7) is 2.67. The fraction of sp³-hybridized carbons (Fsp3) is 0.467. The summed E-state index contributed by atoms with van der Waals surface area (Å²) in [4.78, 5) is 25.2. The summed E-state index contributed by atoms with van der Waals surface area (Å²) < 4.78 is 0. The van der Waals surface area contributed by atoms with E-state index in [9.17, 15) is 14.7 Å². The highest BCUT2D eigenvalue weighted by Crippen LogP contribution is 2.26. The van der Waals surface area contributed by atoms with Crippen LogP contribution in [0.1, 0.15) is 31.4 Å².